The van der Waals surface area contributed by atoms with Crippen molar-refractivity contribution in [2.24, 2.45) is 5.92 Å². The van der Waals surface area contributed by atoms with E-state index in [2.05, 4.69) is 31.7 Å². The zero-order valence-corrected chi connectivity index (χ0v) is 23.9. The van der Waals surface area contributed by atoms with Crippen molar-refractivity contribution in [1.29, 1.82) is 5.26 Å². The maximum absolute atomic E-state index is 14.9. The number of carbonyl (C=O) groups is 2. The van der Waals surface area contributed by atoms with Crippen LogP contribution in [-0.2, 0) is 20.7 Å². The Bertz CT molecular complexity index is 1270. The molecule has 0 aliphatic carbocycles. The van der Waals surface area contributed by atoms with E-state index in [0.717, 1.165) is 11.6 Å². The lowest BCUT2D eigenvalue weighted by molar-refractivity contribution is -0.150. The molecule has 40 heavy (non-hydrogen) atoms. The maximum Gasteiger partial charge on any atom is 0.323 e. The molecule has 0 unspecified atom stereocenters. The summed E-state index contributed by atoms with van der Waals surface area (Å²) in [4.78, 5) is 32.9. The van der Waals surface area contributed by atoms with Gasteiger partial charge in [0.1, 0.15) is 17.7 Å². The van der Waals surface area contributed by atoms with Gasteiger partial charge in [0.2, 0.25) is 5.91 Å². The van der Waals surface area contributed by atoms with E-state index in [1.54, 1.807) is 12.1 Å². The minimum atomic E-state index is -0.638. The van der Waals surface area contributed by atoms with Crippen LogP contribution >= 0.6 is 0 Å². The molecule has 0 saturated carbocycles. The largest absolute Gasteiger partial charge is 0.468 e. The first-order chi connectivity index (χ1) is 18.9. The third kappa shape index (κ3) is 6.34. The molecule has 2 aliphatic rings. The summed E-state index contributed by atoms with van der Waals surface area (Å²) in [6.45, 7) is 10.5. The Kier molecular flexibility index (Phi) is 8.91. The lowest BCUT2D eigenvalue weighted by Gasteiger charge is -2.43. The topological polar surface area (TPSA) is 76.9 Å². The molecule has 2 aliphatic heterocycles. The minimum absolute atomic E-state index is 0.0469. The normalized spacial score (nSPS) is 23.1. The number of amides is 1. The highest BCUT2D eigenvalue weighted by molar-refractivity contribution is 5.81. The number of hydrogen-bond donors (Lipinski definition) is 0. The monoisotopic (exact) mass is 552 g/mol. The van der Waals surface area contributed by atoms with Crippen molar-refractivity contribution >= 4 is 11.9 Å². The number of benzene rings is 2. The van der Waals surface area contributed by atoms with Crippen LogP contribution in [-0.4, -0.2) is 84.0 Å². The molecule has 2 fully saturated rings. The van der Waals surface area contributed by atoms with E-state index in [1.165, 1.54) is 19.2 Å². The van der Waals surface area contributed by atoms with E-state index < -0.39 is 29.5 Å². The van der Waals surface area contributed by atoms with Gasteiger partial charge in [-0.3, -0.25) is 19.4 Å². The number of rotatable bonds is 6. The van der Waals surface area contributed by atoms with Gasteiger partial charge in [-0.25, -0.2) is 8.78 Å². The van der Waals surface area contributed by atoms with Gasteiger partial charge in [0, 0.05) is 56.3 Å². The summed E-state index contributed by atoms with van der Waals surface area (Å²) in [6, 6.07) is 12.1. The fourth-order valence-electron chi connectivity index (χ4n) is 5.96. The molecule has 214 valence electrons. The van der Waals surface area contributed by atoms with Crippen LogP contribution in [0.15, 0.2) is 42.5 Å². The lowest BCUT2D eigenvalue weighted by atomic mass is 9.87. The number of likely N-dealkylation sites (tertiary alicyclic amines) is 1. The molecule has 0 radical (unpaired) electrons. The molecule has 2 saturated heterocycles. The molecular weight excluding hydrogens is 514 g/mol. The van der Waals surface area contributed by atoms with Gasteiger partial charge in [0.25, 0.3) is 0 Å². The fraction of sp³-hybridized carbons (Fsp3) is 0.516. The SMILES string of the molecule is COC(=O)[C@H](Cc1ccc(C#N)cc1)N1CCN(C(=O)[C@@H]2CN(C(C)(C)C)C[C@H]2c2ccc(F)cc2F)[C@@H](C)C1. The van der Waals surface area contributed by atoms with Gasteiger partial charge in [-0.15, -0.1) is 0 Å². The van der Waals surface area contributed by atoms with E-state index in [9.17, 15) is 18.4 Å². The van der Waals surface area contributed by atoms with Crippen molar-refractivity contribution in [1.82, 2.24) is 14.7 Å². The summed E-state index contributed by atoms with van der Waals surface area (Å²) in [5.74, 6) is -2.52. The Labute approximate surface area is 235 Å². The predicted molar refractivity (Wildman–Crippen MR) is 147 cm³/mol. The number of carbonyl (C=O) groups excluding carboxylic acids is 2. The van der Waals surface area contributed by atoms with Crippen molar-refractivity contribution in [3.05, 3.63) is 70.8 Å². The standard InChI is InChI=1S/C31H38F2N4O3/c1-20-17-35(28(30(39)40-5)14-21-6-8-22(16-34)9-7-21)12-13-37(20)29(38)26-19-36(31(2,3)4)18-25(26)24-11-10-23(32)15-27(24)33/h6-11,15,20,25-26,28H,12-14,17-19H2,1-5H3/t20-,25-,26+,28-/m0/s1. The maximum atomic E-state index is 14.9. The molecule has 4 rings (SSSR count). The van der Waals surface area contributed by atoms with Crippen molar-refractivity contribution in [2.45, 2.75) is 57.7 Å². The van der Waals surface area contributed by atoms with Crippen molar-refractivity contribution < 1.29 is 23.1 Å². The molecule has 2 heterocycles. The Hall–Kier alpha value is -3.35. The summed E-state index contributed by atoms with van der Waals surface area (Å²) in [6.07, 6.45) is 0.425. The number of ether oxygens (including phenoxy) is 1. The van der Waals surface area contributed by atoms with Crippen LogP contribution in [0.3, 0.4) is 0 Å². The predicted octanol–water partition coefficient (Wildman–Crippen LogP) is 3.97. The number of halogens is 2. The lowest BCUT2D eigenvalue weighted by Crippen LogP contribution is -2.59. The number of hydrogen-bond acceptors (Lipinski definition) is 6. The van der Waals surface area contributed by atoms with Crippen LogP contribution in [0.25, 0.3) is 0 Å². The second-order valence-corrected chi connectivity index (χ2v) is 11.9. The van der Waals surface area contributed by atoms with Gasteiger partial charge in [-0.05, 0) is 63.4 Å². The highest BCUT2D eigenvalue weighted by atomic mass is 19.1. The number of methoxy groups -OCH3 is 1. The van der Waals surface area contributed by atoms with Crippen LogP contribution < -0.4 is 0 Å². The summed E-state index contributed by atoms with van der Waals surface area (Å²) in [5.41, 5.74) is 1.62. The van der Waals surface area contributed by atoms with Crippen molar-refractivity contribution in [2.75, 3.05) is 39.8 Å². The van der Waals surface area contributed by atoms with Crippen LogP contribution in [0.1, 0.15) is 50.3 Å². The van der Waals surface area contributed by atoms with E-state index in [0.29, 0.717) is 50.3 Å². The quantitative estimate of drug-likeness (QED) is 0.505. The Balaban J connectivity index is 1.52. The Morgan fingerprint density at radius 1 is 1.07 bits per heavy atom. The van der Waals surface area contributed by atoms with Gasteiger partial charge in [-0.2, -0.15) is 5.26 Å². The van der Waals surface area contributed by atoms with Gasteiger partial charge in [0.05, 0.1) is 24.7 Å². The van der Waals surface area contributed by atoms with Crippen LogP contribution in [0.4, 0.5) is 8.78 Å². The molecule has 0 N–H and O–H groups in total. The number of nitrogens with zero attached hydrogens (tertiary/aromatic N) is 4. The van der Waals surface area contributed by atoms with E-state index in [1.807, 2.05) is 28.9 Å². The molecule has 7 nitrogen and oxygen atoms in total. The number of esters is 1. The molecule has 9 heteroatoms. The Morgan fingerprint density at radius 2 is 1.77 bits per heavy atom. The third-order valence-electron chi connectivity index (χ3n) is 8.32. The average molecular weight is 553 g/mol. The molecule has 0 spiro atoms. The average Bonchev–Trinajstić information content (AvgIpc) is 3.37. The van der Waals surface area contributed by atoms with Crippen molar-refractivity contribution in [3.63, 3.8) is 0 Å². The zero-order chi connectivity index (χ0) is 29.2. The zero-order valence-electron chi connectivity index (χ0n) is 23.9. The molecule has 2 aromatic rings. The molecule has 1 amide bonds. The Morgan fingerprint density at radius 3 is 2.35 bits per heavy atom. The van der Waals surface area contributed by atoms with Gasteiger partial charge in [0.15, 0.2) is 0 Å². The first kappa shape index (κ1) is 29.6. The number of nitriles is 1. The van der Waals surface area contributed by atoms with Crippen LogP contribution in [0, 0.1) is 28.9 Å². The number of piperazine rings is 1. The van der Waals surface area contributed by atoms with Gasteiger partial charge < -0.3 is 9.64 Å². The summed E-state index contributed by atoms with van der Waals surface area (Å²) < 4.78 is 33.7. The minimum Gasteiger partial charge on any atom is -0.468 e. The molecular formula is C31H38F2N4O3. The molecule has 4 atom stereocenters. The van der Waals surface area contributed by atoms with Gasteiger partial charge >= 0.3 is 5.97 Å². The first-order valence-electron chi connectivity index (χ1n) is 13.7. The first-order valence-corrected chi connectivity index (χ1v) is 13.7. The van der Waals surface area contributed by atoms with Crippen LogP contribution in [0.5, 0.6) is 0 Å². The summed E-state index contributed by atoms with van der Waals surface area (Å²) in [5, 5.41) is 9.08. The highest BCUT2D eigenvalue weighted by Crippen LogP contribution is 2.39. The summed E-state index contributed by atoms with van der Waals surface area (Å²) >= 11 is 0. The third-order valence-corrected chi connectivity index (χ3v) is 8.32. The second kappa shape index (κ2) is 12.0. The fourth-order valence-corrected chi connectivity index (χ4v) is 5.96. The van der Waals surface area contributed by atoms with E-state index in [4.69, 9.17) is 10.00 Å². The van der Waals surface area contributed by atoms with Crippen LogP contribution in [0.2, 0.25) is 0 Å². The smallest absolute Gasteiger partial charge is 0.323 e. The molecule has 0 bridgehead atoms. The van der Waals surface area contributed by atoms with Gasteiger partial charge in [-0.1, -0.05) is 18.2 Å². The van der Waals surface area contributed by atoms with E-state index >= 15 is 0 Å². The highest BCUT2D eigenvalue weighted by Gasteiger charge is 2.46. The molecule has 0 aromatic heterocycles. The second-order valence-electron chi connectivity index (χ2n) is 11.9. The molecule has 2 aromatic carbocycles. The summed E-state index contributed by atoms with van der Waals surface area (Å²) in [7, 11) is 1.37. The van der Waals surface area contributed by atoms with E-state index in [-0.39, 0.29) is 23.5 Å². The van der Waals surface area contributed by atoms with Crippen molar-refractivity contribution in [3.8, 4) is 6.07 Å².